The Kier molecular flexibility index (Phi) is 2.59. The number of hydrogen-bond acceptors (Lipinski definition) is 2. The minimum absolute atomic E-state index is 0.115. The van der Waals surface area contributed by atoms with Crippen molar-refractivity contribution in [2.75, 3.05) is 18.5 Å². The Morgan fingerprint density at radius 2 is 2.00 bits per heavy atom. The molecule has 1 aliphatic rings. The van der Waals surface area contributed by atoms with Gasteiger partial charge in [0.2, 0.25) is 0 Å². The van der Waals surface area contributed by atoms with Crippen LogP contribution in [0.4, 0.5) is 10.5 Å². The highest BCUT2D eigenvalue weighted by atomic mass is 35.5. The number of likely N-dealkylation sites (N-methyl/N-ethyl adjacent to an activating group) is 1. The first-order valence-electron chi connectivity index (χ1n) is 4.85. The summed E-state index contributed by atoms with van der Waals surface area (Å²) < 4.78 is 0. The molecule has 1 fully saturated rings. The Hall–Kier alpha value is -1.55. The zero-order valence-electron chi connectivity index (χ0n) is 9.03. The first-order valence-corrected chi connectivity index (χ1v) is 5.22. The summed E-state index contributed by atoms with van der Waals surface area (Å²) in [7, 11) is 1.59. The zero-order valence-corrected chi connectivity index (χ0v) is 9.78. The summed E-state index contributed by atoms with van der Waals surface area (Å²) in [4.78, 5) is 25.8. The summed E-state index contributed by atoms with van der Waals surface area (Å²) in [5.41, 5.74) is 1.44. The predicted molar refractivity (Wildman–Crippen MR) is 61.7 cm³/mol. The lowest BCUT2D eigenvalue weighted by molar-refractivity contribution is -0.116. The van der Waals surface area contributed by atoms with E-state index in [-0.39, 0.29) is 18.5 Å². The number of carbonyl (C=O) groups excluding carboxylic acids is 2. The summed E-state index contributed by atoms with van der Waals surface area (Å²) in [6.07, 6.45) is 0. The number of aryl methyl sites for hydroxylation is 1. The van der Waals surface area contributed by atoms with Gasteiger partial charge in [0, 0.05) is 12.1 Å². The molecule has 1 heterocycles. The number of rotatable bonds is 1. The number of nitrogens with zero attached hydrogens (tertiary/aromatic N) is 2. The molecule has 5 heteroatoms. The fraction of sp³-hybridized carbons (Fsp3) is 0.273. The molecule has 0 aliphatic carbocycles. The van der Waals surface area contributed by atoms with Gasteiger partial charge in [0.1, 0.15) is 6.54 Å². The molecule has 0 bridgehead atoms. The third-order valence-electron chi connectivity index (χ3n) is 2.55. The van der Waals surface area contributed by atoms with E-state index in [0.29, 0.717) is 10.7 Å². The third-order valence-corrected chi connectivity index (χ3v) is 2.96. The first-order chi connectivity index (χ1) is 7.50. The summed E-state index contributed by atoms with van der Waals surface area (Å²) in [6, 6.07) is 4.82. The average molecular weight is 239 g/mol. The van der Waals surface area contributed by atoms with E-state index < -0.39 is 0 Å². The molecule has 3 amide bonds. The highest BCUT2D eigenvalue weighted by molar-refractivity contribution is 6.32. The van der Waals surface area contributed by atoms with Gasteiger partial charge in [-0.3, -0.25) is 4.79 Å². The van der Waals surface area contributed by atoms with Crippen LogP contribution in [0.15, 0.2) is 18.2 Å². The smallest absolute Gasteiger partial charge is 0.318 e. The molecule has 1 aromatic rings. The molecule has 0 aromatic heterocycles. The second-order valence-electron chi connectivity index (χ2n) is 3.80. The van der Waals surface area contributed by atoms with Crippen molar-refractivity contribution in [2.45, 2.75) is 6.92 Å². The Labute approximate surface area is 98.4 Å². The number of imide groups is 1. The fourth-order valence-corrected chi connectivity index (χ4v) is 1.77. The van der Waals surface area contributed by atoms with E-state index in [2.05, 4.69) is 0 Å². The molecule has 0 radical (unpaired) electrons. The topological polar surface area (TPSA) is 40.6 Å². The molecule has 1 saturated heterocycles. The van der Waals surface area contributed by atoms with Crippen molar-refractivity contribution in [1.29, 1.82) is 0 Å². The molecule has 1 aliphatic heterocycles. The Bertz CT molecular complexity index is 473. The number of urea groups is 1. The van der Waals surface area contributed by atoms with Gasteiger partial charge in [-0.15, -0.1) is 0 Å². The molecular formula is C11H11ClN2O2. The summed E-state index contributed by atoms with van der Waals surface area (Å²) in [6.45, 7) is 1.98. The van der Waals surface area contributed by atoms with Crippen LogP contribution in [0.3, 0.4) is 0 Å². The standard InChI is InChI=1S/C11H11ClN2O2/c1-7-3-4-8(5-9(7)12)14-10(15)6-13(2)11(14)16/h3-5H,6H2,1-2H3. The maximum absolute atomic E-state index is 11.7. The van der Waals surface area contributed by atoms with Crippen LogP contribution in [-0.2, 0) is 4.79 Å². The van der Waals surface area contributed by atoms with Gasteiger partial charge in [0.05, 0.1) is 5.69 Å². The molecule has 0 N–H and O–H groups in total. The lowest BCUT2D eigenvalue weighted by atomic mass is 10.2. The molecule has 4 nitrogen and oxygen atoms in total. The third kappa shape index (κ3) is 1.65. The number of amides is 3. The zero-order chi connectivity index (χ0) is 11.9. The Morgan fingerprint density at radius 3 is 2.50 bits per heavy atom. The average Bonchev–Trinajstić information content (AvgIpc) is 2.47. The summed E-state index contributed by atoms with van der Waals surface area (Å²) in [5, 5.41) is 0.549. The fourth-order valence-electron chi connectivity index (χ4n) is 1.59. The minimum Gasteiger partial charge on any atom is -0.318 e. The number of halogens is 1. The monoisotopic (exact) mass is 238 g/mol. The van der Waals surface area contributed by atoms with Crippen LogP contribution in [-0.4, -0.2) is 30.4 Å². The molecule has 1 aromatic carbocycles. The minimum atomic E-state index is -0.315. The summed E-state index contributed by atoms with van der Waals surface area (Å²) >= 11 is 5.96. The van der Waals surface area contributed by atoms with Gasteiger partial charge < -0.3 is 4.90 Å². The van der Waals surface area contributed by atoms with Crippen LogP contribution in [0.1, 0.15) is 5.56 Å². The van der Waals surface area contributed by atoms with Crippen LogP contribution < -0.4 is 4.90 Å². The van der Waals surface area contributed by atoms with E-state index in [1.54, 1.807) is 25.2 Å². The van der Waals surface area contributed by atoms with Crippen LogP contribution in [0.2, 0.25) is 5.02 Å². The Morgan fingerprint density at radius 1 is 1.31 bits per heavy atom. The van der Waals surface area contributed by atoms with Gasteiger partial charge in [-0.1, -0.05) is 17.7 Å². The highest BCUT2D eigenvalue weighted by Crippen LogP contribution is 2.26. The van der Waals surface area contributed by atoms with Crippen molar-refractivity contribution < 1.29 is 9.59 Å². The van der Waals surface area contributed by atoms with Gasteiger partial charge in [-0.25, -0.2) is 9.69 Å². The Balaban J connectivity index is 2.41. The molecule has 0 atom stereocenters. The van der Waals surface area contributed by atoms with Crippen LogP contribution in [0.25, 0.3) is 0 Å². The van der Waals surface area contributed by atoms with Crippen molar-refractivity contribution in [2.24, 2.45) is 0 Å². The van der Waals surface area contributed by atoms with Gasteiger partial charge >= 0.3 is 6.03 Å². The van der Waals surface area contributed by atoms with E-state index in [1.807, 2.05) is 6.92 Å². The molecule has 0 saturated carbocycles. The van der Waals surface area contributed by atoms with Gasteiger partial charge in [-0.2, -0.15) is 0 Å². The lowest BCUT2D eigenvalue weighted by Crippen LogP contribution is -2.31. The van der Waals surface area contributed by atoms with Crippen molar-refractivity contribution in [1.82, 2.24) is 4.90 Å². The van der Waals surface area contributed by atoms with Crippen molar-refractivity contribution in [3.05, 3.63) is 28.8 Å². The molecule has 84 valence electrons. The molecular weight excluding hydrogens is 228 g/mol. The normalized spacial score (nSPS) is 16.2. The number of carbonyl (C=O) groups is 2. The van der Waals surface area contributed by atoms with Gasteiger partial charge in [0.15, 0.2) is 0 Å². The van der Waals surface area contributed by atoms with Crippen molar-refractivity contribution in [3.63, 3.8) is 0 Å². The number of hydrogen-bond donors (Lipinski definition) is 0. The quantitative estimate of drug-likeness (QED) is 0.703. The molecule has 16 heavy (non-hydrogen) atoms. The van der Waals surface area contributed by atoms with E-state index >= 15 is 0 Å². The number of anilines is 1. The van der Waals surface area contributed by atoms with E-state index in [9.17, 15) is 9.59 Å². The molecule has 0 unspecified atom stereocenters. The maximum Gasteiger partial charge on any atom is 0.331 e. The number of benzene rings is 1. The van der Waals surface area contributed by atoms with Crippen LogP contribution in [0.5, 0.6) is 0 Å². The SMILES string of the molecule is Cc1ccc(N2C(=O)CN(C)C2=O)cc1Cl. The van der Waals surface area contributed by atoms with E-state index in [4.69, 9.17) is 11.6 Å². The molecule has 0 spiro atoms. The lowest BCUT2D eigenvalue weighted by Gasteiger charge is -2.14. The summed E-state index contributed by atoms with van der Waals surface area (Å²) in [5.74, 6) is -0.229. The molecule has 2 rings (SSSR count). The predicted octanol–water partition coefficient (Wildman–Crippen LogP) is 2.05. The van der Waals surface area contributed by atoms with Gasteiger partial charge in [0.25, 0.3) is 5.91 Å². The highest BCUT2D eigenvalue weighted by Gasteiger charge is 2.34. The second-order valence-corrected chi connectivity index (χ2v) is 4.21. The van der Waals surface area contributed by atoms with E-state index in [0.717, 1.165) is 10.5 Å². The second kappa shape index (κ2) is 3.79. The van der Waals surface area contributed by atoms with Crippen LogP contribution in [0, 0.1) is 6.92 Å². The van der Waals surface area contributed by atoms with Crippen LogP contribution >= 0.6 is 11.6 Å². The van der Waals surface area contributed by atoms with Crippen molar-refractivity contribution in [3.8, 4) is 0 Å². The van der Waals surface area contributed by atoms with Gasteiger partial charge in [-0.05, 0) is 24.6 Å². The van der Waals surface area contributed by atoms with E-state index in [1.165, 1.54) is 4.90 Å². The van der Waals surface area contributed by atoms with Crippen molar-refractivity contribution >= 4 is 29.2 Å². The first kappa shape index (κ1) is 11.0. The largest absolute Gasteiger partial charge is 0.331 e. The maximum atomic E-state index is 11.7.